The summed E-state index contributed by atoms with van der Waals surface area (Å²) in [5, 5.41) is 9.64. The number of likely N-dealkylation sites (tertiary alicyclic amines) is 1. The predicted octanol–water partition coefficient (Wildman–Crippen LogP) is 4.49. The van der Waals surface area contributed by atoms with Crippen LogP contribution < -0.4 is 5.32 Å². The maximum absolute atomic E-state index is 6.33. The molecule has 0 aliphatic carbocycles. The van der Waals surface area contributed by atoms with E-state index in [-0.39, 0.29) is 12.4 Å². The predicted molar refractivity (Wildman–Crippen MR) is 122 cm³/mol. The van der Waals surface area contributed by atoms with Crippen molar-refractivity contribution >= 4 is 46.5 Å². The number of hydrogen-bond acceptors (Lipinski definition) is 5. The maximum Gasteiger partial charge on any atom is 0.229 e. The van der Waals surface area contributed by atoms with Crippen molar-refractivity contribution in [3.8, 4) is 5.82 Å². The molecule has 0 spiro atoms. The van der Waals surface area contributed by atoms with Crippen LogP contribution in [0.25, 0.3) is 16.7 Å². The number of fused-ring (bicyclic) bond motifs is 1. The van der Waals surface area contributed by atoms with Gasteiger partial charge in [0.1, 0.15) is 0 Å². The third kappa shape index (κ3) is 3.88. The van der Waals surface area contributed by atoms with Crippen LogP contribution in [0.1, 0.15) is 17.7 Å². The van der Waals surface area contributed by atoms with E-state index in [1.54, 1.807) is 6.20 Å². The molecule has 0 saturated carbocycles. The minimum atomic E-state index is 0. The third-order valence-electron chi connectivity index (χ3n) is 5.42. The molecule has 0 bridgehead atoms. The number of halogens is 2. The summed E-state index contributed by atoms with van der Waals surface area (Å²) in [6, 6.07) is 7.91. The van der Waals surface area contributed by atoms with Gasteiger partial charge in [0.05, 0.1) is 10.7 Å². The summed E-state index contributed by atoms with van der Waals surface area (Å²) < 4.78 is 3.84. The number of anilines is 2. The fourth-order valence-electron chi connectivity index (χ4n) is 3.64. The lowest BCUT2D eigenvalue weighted by atomic mass is 10.1. The van der Waals surface area contributed by atoms with E-state index in [1.807, 2.05) is 53.7 Å². The fourth-order valence-corrected chi connectivity index (χ4v) is 3.93. The lowest BCUT2D eigenvalue weighted by Crippen LogP contribution is -2.36. The van der Waals surface area contributed by atoms with E-state index >= 15 is 0 Å². The van der Waals surface area contributed by atoms with Gasteiger partial charge in [0, 0.05) is 60.4 Å². The van der Waals surface area contributed by atoms with Crippen LogP contribution in [0, 0.1) is 6.92 Å². The number of nitrogens with one attached hydrogen (secondary N) is 1. The lowest BCUT2D eigenvalue weighted by molar-refractivity contribution is 0.172. The van der Waals surface area contributed by atoms with Crippen molar-refractivity contribution in [1.29, 1.82) is 0 Å². The summed E-state index contributed by atoms with van der Waals surface area (Å²) in [6.45, 7) is 5.33. The van der Waals surface area contributed by atoms with Crippen LogP contribution in [-0.4, -0.2) is 42.3 Å². The Morgan fingerprint density at radius 3 is 2.77 bits per heavy atom. The number of aryl methyl sites for hydroxylation is 2. The highest BCUT2D eigenvalue weighted by Crippen LogP contribution is 2.28. The van der Waals surface area contributed by atoms with Gasteiger partial charge < -0.3 is 9.88 Å². The smallest absolute Gasteiger partial charge is 0.229 e. The number of hydrogen-bond donors (Lipinski definition) is 1. The summed E-state index contributed by atoms with van der Waals surface area (Å²) in [5.41, 5.74) is 4.24. The molecule has 1 fully saturated rings. The Bertz CT molecular complexity index is 1190. The molecule has 0 radical (unpaired) electrons. The number of rotatable bonds is 5. The average Bonchev–Trinajstić information content (AvgIpc) is 3.18. The molecule has 1 aromatic carbocycles. The van der Waals surface area contributed by atoms with Gasteiger partial charge in [0.2, 0.25) is 5.95 Å². The molecule has 0 amide bonds. The SMILES string of the molecule is Cc1nn(-c2ccnc(Nc3ccc4c(c3)c(Cl)cn4C)n2)cc1CN1CCC1.Cl. The molecule has 7 nitrogen and oxygen atoms in total. The highest BCUT2D eigenvalue weighted by atomic mass is 35.5. The Morgan fingerprint density at radius 1 is 1.17 bits per heavy atom. The van der Waals surface area contributed by atoms with Gasteiger partial charge in [0.15, 0.2) is 5.82 Å². The van der Waals surface area contributed by atoms with E-state index in [1.165, 1.54) is 25.1 Å². The van der Waals surface area contributed by atoms with Crippen molar-refractivity contribution in [3.05, 3.63) is 59.1 Å². The van der Waals surface area contributed by atoms with E-state index in [0.717, 1.165) is 39.7 Å². The van der Waals surface area contributed by atoms with Crippen molar-refractivity contribution < 1.29 is 0 Å². The minimum Gasteiger partial charge on any atom is -0.349 e. The molecule has 4 heterocycles. The Hall–Kier alpha value is -2.61. The minimum absolute atomic E-state index is 0. The molecular weight excluding hydrogens is 421 g/mol. The van der Waals surface area contributed by atoms with Crippen LogP contribution in [0.3, 0.4) is 0 Å². The van der Waals surface area contributed by atoms with Crippen molar-refractivity contribution in [2.45, 2.75) is 19.9 Å². The van der Waals surface area contributed by atoms with E-state index in [9.17, 15) is 0 Å². The highest BCUT2D eigenvalue weighted by Gasteiger charge is 2.17. The first-order chi connectivity index (χ1) is 14.1. The molecule has 0 unspecified atom stereocenters. The Morgan fingerprint density at radius 2 is 2.00 bits per heavy atom. The largest absolute Gasteiger partial charge is 0.349 e. The number of aromatic nitrogens is 5. The quantitative estimate of drug-likeness (QED) is 0.492. The molecule has 1 N–H and O–H groups in total. The zero-order chi connectivity index (χ0) is 20.0. The Labute approximate surface area is 186 Å². The van der Waals surface area contributed by atoms with Gasteiger partial charge >= 0.3 is 0 Å². The average molecular weight is 444 g/mol. The second kappa shape index (κ2) is 8.26. The molecule has 156 valence electrons. The van der Waals surface area contributed by atoms with E-state index in [0.29, 0.717) is 5.95 Å². The summed E-state index contributed by atoms with van der Waals surface area (Å²) in [5.74, 6) is 1.26. The van der Waals surface area contributed by atoms with Gasteiger partial charge in [-0.25, -0.2) is 9.67 Å². The molecule has 1 aliphatic heterocycles. The second-order valence-electron chi connectivity index (χ2n) is 7.50. The second-order valence-corrected chi connectivity index (χ2v) is 7.90. The van der Waals surface area contributed by atoms with Gasteiger partial charge in [-0.05, 0) is 44.6 Å². The maximum atomic E-state index is 6.33. The van der Waals surface area contributed by atoms with Crippen molar-refractivity contribution in [2.24, 2.45) is 7.05 Å². The van der Waals surface area contributed by atoms with Gasteiger partial charge in [-0.1, -0.05) is 11.6 Å². The van der Waals surface area contributed by atoms with Gasteiger partial charge in [0.25, 0.3) is 0 Å². The molecule has 3 aromatic heterocycles. The first-order valence-corrected chi connectivity index (χ1v) is 10.1. The van der Waals surface area contributed by atoms with E-state index in [4.69, 9.17) is 11.6 Å². The third-order valence-corrected chi connectivity index (χ3v) is 5.72. The normalized spacial score (nSPS) is 13.8. The van der Waals surface area contributed by atoms with Crippen LogP contribution in [0.2, 0.25) is 5.02 Å². The first-order valence-electron chi connectivity index (χ1n) is 9.69. The van der Waals surface area contributed by atoms with Crippen LogP contribution in [-0.2, 0) is 13.6 Å². The molecule has 5 rings (SSSR count). The fraction of sp³-hybridized carbons (Fsp3) is 0.286. The lowest BCUT2D eigenvalue weighted by Gasteiger charge is -2.30. The summed E-state index contributed by atoms with van der Waals surface area (Å²) in [7, 11) is 1.98. The van der Waals surface area contributed by atoms with Crippen LogP contribution in [0.4, 0.5) is 11.6 Å². The van der Waals surface area contributed by atoms with Crippen molar-refractivity contribution in [1.82, 2.24) is 29.2 Å². The van der Waals surface area contributed by atoms with Crippen LogP contribution in [0.5, 0.6) is 0 Å². The zero-order valence-corrected chi connectivity index (χ0v) is 18.4. The standard InChI is InChI=1S/C21H22ClN7.ClH/c1-14-15(11-28-8-3-9-28)12-29(26-14)20-6-7-23-21(25-20)24-16-4-5-19-17(10-16)18(22)13-27(19)2;/h4-7,10,12-13H,3,8-9,11H2,1-2H3,(H,23,24,25);1H. The highest BCUT2D eigenvalue weighted by molar-refractivity contribution is 6.35. The van der Waals surface area contributed by atoms with Crippen molar-refractivity contribution in [3.63, 3.8) is 0 Å². The summed E-state index contributed by atoms with van der Waals surface area (Å²) in [4.78, 5) is 11.4. The van der Waals surface area contributed by atoms with Gasteiger partial charge in [-0.2, -0.15) is 10.1 Å². The molecular formula is C21H23Cl2N7. The monoisotopic (exact) mass is 443 g/mol. The Balaban J connectivity index is 0.00000218. The Kier molecular flexibility index (Phi) is 5.69. The van der Waals surface area contributed by atoms with Gasteiger partial charge in [-0.15, -0.1) is 12.4 Å². The van der Waals surface area contributed by atoms with Gasteiger partial charge in [-0.3, -0.25) is 4.90 Å². The summed E-state index contributed by atoms with van der Waals surface area (Å²) in [6.07, 6.45) is 7.00. The zero-order valence-electron chi connectivity index (χ0n) is 16.8. The topological polar surface area (TPSA) is 63.8 Å². The molecule has 1 saturated heterocycles. The molecule has 0 atom stereocenters. The van der Waals surface area contributed by atoms with Crippen LogP contribution in [0.15, 0.2) is 42.9 Å². The number of nitrogens with zero attached hydrogens (tertiary/aromatic N) is 6. The first kappa shape index (κ1) is 20.7. The molecule has 9 heteroatoms. The van der Waals surface area contributed by atoms with E-state index < -0.39 is 0 Å². The molecule has 30 heavy (non-hydrogen) atoms. The van der Waals surface area contributed by atoms with E-state index in [2.05, 4.69) is 31.5 Å². The van der Waals surface area contributed by atoms with Crippen molar-refractivity contribution in [2.75, 3.05) is 18.4 Å². The molecule has 1 aliphatic rings. The summed E-state index contributed by atoms with van der Waals surface area (Å²) >= 11 is 6.33. The molecule has 4 aromatic rings. The number of benzene rings is 1. The van der Waals surface area contributed by atoms with Crippen LogP contribution >= 0.6 is 24.0 Å².